The lowest BCUT2D eigenvalue weighted by atomic mass is 9.98. The van der Waals surface area contributed by atoms with E-state index in [1.165, 1.54) is 0 Å². The number of pyridine rings is 1. The van der Waals surface area contributed by atoms with Crippen LogP contribution in [0.4, 0.5) is 5.69 Å². The zero-order valence-corrected chi connectivity index (χ0v) is 16.9. The first-order valence-corrected chi connectivity index (χ1v) is 9.87. The molecule has 29 heavy (non-hydrogen) atoms. The van der Waals surface area contributed by atoms with E-state index in [1.54, 1.807) is 0 Å². The summed E-state index contributed by atoms with van der Waals surface area (Å²) in [4.78, 5) is 25.9. The summed E-state index contributed by atoms with van der Waals surface area (Å²) >= 11 is 0. The van der Waals surface area contributed by atoms with Gasteiger partial charge in [-0.15, -0.1) is 0 Å². The molecule has 0 saturated heterocycles. The minimum atomic E-state index is -0.111. The molecule has 4 rings (SSSR count). The molecule has 1 N–H and O–H groups in total. The molecule has 0 atom stereocenters. The van der Waals surface area contributed by atoms with Gasteiger partial charge in [-0.05, 0) is 48.2 Å². The molecule has 0 bridgehead atoms. The molecule has 0 spiro atoms. The zero-order chi connectivity index (χ0) is 20.5. The van der Waals surface area contributed by atoms with Crippen LogP contribution in [0.25, 0.3) is 21.8 Å². The van der Waals surface area contributed by atoms with Crippen LogP contribution in [0.1, 0.15) is 30.9 Å². The number of hydrogen-bond acceptors (Lipinski definition) is 2. The fourth-order valence-electron chi connectivity index (χ4n) is 3.91. The average Bonchev–Trinajstić information content (AvgIpc) is 2.72. The highest BCUT2D eigenvalue weighted by Gasteiger charge is 2.15. The molecule has 0 aliphatic rings. The second-order valence-corrected chi connectivity index (χ2v) is 7.69. The summed E-state index contributed by atoms with van der Waals surface area (Å²) in [6.45, 7) is 6.37. The third kappa shape index (κ3) is 3.42. The van der Waals surface area contributed by atoms with Crippen molar-refractivity contribution in [3.8, 4) is 0 Å². The number of anilines is 1. The van der Waals surface area contributed by atoms with Gasteiger partial charge in [0.25, 0.3) is 0 Å². The van der Waals surface area contributed by atoms with Crippen molar-refractivity contribution in [3.63, 3.8) is 0 Å². The number of nitrogens with one attached hydrogen (secondary N) is 1. The maximum absolute atomic E-state index is 13.1. The number of fused-ring (bicyclic) bond motifs is 2. The number of carbonyl (C=O) groups is 1. The van der Waals surface area contributed by atoms with Crippen molar-refractivity contribution in [2.75, 3.05) is 5.32 Å². The number of nitrogens with zero attached hydrogens (tertiary/aromatic N) is 1. The molecule has 1 aromatic heterocycles. The Bertz CT molecular complexity index is 1230. The molecule has 4 heteroatoms. The lowest BCUT2D eigenvalue weighted by molar-refractivity contribution is -0.116. The Labute approximate surface area is 169 Å². The van der Waals surface area contributed by atoms with Crippen LogP contribution in [0.2, 0.25) is 0 Å². The van der Waals surface area contributed by atoms with E-state index in [4.69, 9.17) is 0 Å². The normalized spacial score (nSPS) is 11.3. The minimum absolute atomic E-state index is 0.00569. The summed E-state index contributed by atoms with van der Waals surface area (Å²) < 4.78 is 1.93. The Hall–Kier alpha value is -3.40. The molecule has 0 radical (unpaired) electrons. The third-order valence-corrected chi connectivity index (χ3v) is 5.37. The molecule has 0 aliphatic heterocycles. The van der Waals surface area contributed by atoms with Gasteiger partial charge in [-0.1, -0.05) is 56.3 Å². The van der Waals surface area contributed by atoms with E-state index in [2.05, 4.69) is 25.2 Å². The number of amides is 1. The first kappa shape index (κ1) is 18.9. The van der Waals surface area contributed by atoms with E-state index in [-0.39, 0.29) is 17.9 Å². The third-order valence-electron chi connectivity index (χ3n) is 5.37. The van der Waals surface area contributed by atoms with Crippen LogP contribution in [-0.2, 0) is 11.3 Å². The number of aryl methyl sites for hydroxylation is 1. The van der Waals surface area contributed by atoms with E-state index >= 15 is 0 Å². The van der Waals surface area contributed by atoms with Gasteiger partial charge in [0.05, 0.1) is 11.0 Å². The van der Waals surface area contributed by atoms with Crippen LogP contribution in [-0.4, -0.2) is 10.5 Å². The summed E-state index contributed by atoms with van der Waals surface area (Å²) in [7, 11) is 0. The summed E-state index contributed by atoms with van der Waals surface area (Å²) in [6, 6.07) is 21.0. The van der Waals surface area contributed by atoms with E-state index in [9.17, 15) is 9.59 Å². The molecule has 1 heterocycles. The van der Waals surface area contributed by atoms with Gasteiger partial charge in [0.2, 0.25) is 5.91 Å². The van der Waals surface area contributed by atoms with Crippen molar-refractivity contribution in [3.05, 3.63) is 88.1 Å². The van der Waals surface area contributed by atoms with E-state index in [0.717, 1.165) is 27.8 Å². The molecular weight excluding hydrogens is 360 g/mol. The highest BCUT2D eigenvalue weighted by Crippen LogP contribution is 2.27. The molecule has 1 amide bonds. The Morgan fingerprint density at radius 3 is 2.07 bits per heavy atom. The Morgan fingerprint density at radius 2 is 1.48 bits per heavy atom. The quantitative estimate of drug-likeness (QED) is 0.490. The predicted molar refractivity (Wildman–Crippen MR) is 120 cm³/mol. The van der Waals surface area contributed by atoms with E-state index < -0.39 is 0 Å². The Balaban J connectivity index is 1.80. The first-order chi connectivity index (χ1) is 14.0. The maximum atomic E-state index is 13.1. The van der Waals surface area contributed by atoms with Gasteiger partial charge in [0.1, 0.15) is 6.54 Å². The zero-order valence-electron chi connectivity index (χ0n) is 16.9. The molecule has 0 unspecified atom stereocenters. The van der Waals surface area contributed by atoms with Crippen molar-refractivity contribution in [2.24, 2.45) is 0 Å². The second-order valence-electron chi connectivity index (χ2n) is 7.69. The fourth-order valence-corrected chi connectivity index (χ4v) is 3.91. The molecule has 146 valence electrons. The summed E-state index contributed by atoms with van der Waals surface area (Å²) in [5.74, 6) is 0.194. The van der Waals surface area contributed by atoms with Crippen LogP contribution in [0.3, 0.4) is 0 Å². The summed E-state index contributed by atoms with van der Waals surface area (Å²) in [6.07, 6.45) is 0. The van der Waals surface area contributed by atoms with Crippen LogP contribution in [0.15, 0.2) is 71.5 Å². The van der Waals surface area contributed by atoms with Crippen molar-refractivity contribution in [2.45, 2.75) is 33.2 Å². The van der Waals surface area contributed by atoms with Gasteiger partial charge < -0.3 is 9.88 Å². The van der Waals surface area contributed by atoms with Gasteiger partial charge in [-0.3, -0.25) is 9.59 Å². The maximum Gasteiger partial charge on any atom is 0.244 e. The number of rotatable bonds is 4. The van der Waals surface area contributed by atoms with Crippen LogP contribution in [0.5, 0.6) is 0 Å². The molecule has 0 fully saturated rings. The predicted octanol–water partition coefficient (Wildman–Crippen LogP) is 5.23. The monoisotopic (exact) mass is 384 g/mol. The number of benzene rings is 3. The molecule has 0 aliphatic carbocycles. The van der Waals surface area contributed by atoms with Gasteiger partial charge >= 0.3 is 0 Å². The SMILES string of the molecule is Cc1cccc(C(C)C)c1NC(=O)Cn1c2ccccc2c(=O)c2ccccc21. The highest BCUT2D eigenvalue weighted by atomic mass is 16.2. The number of para-hydroxylation sites is 3. The molecule has 3 aromatic carbocycles. The van der Waals surface area contributed by atoms with Crippen molar-refractivity contribution in [1.82, 2.24) is 4.57 Å². The minimum Gasteiger partial charge on any atom is -0.331 e. The highest BCUT2D eigenvalue weighted by molar-refractivity contribution is 5.97. The number of aromatic nitrogens is 1. The Kier molecular flexibility index (Phi) is 4.93. The van der Waals surface area contributed by atoms with Gasteiger partial charge in [0, 0.05) is 16.5 Å². The van der Waals surface area contributed by atoms with Gasteiger partial charge in [0.15, 0.2) is 5.43 Å². The molecule has 4 aromatic rings. The number of hydrogen-bond donors (Lipinski definition) is 1. The average molecular weight is 384 g/mol. The van der Waals surface area contributed by atoms with Crippen molar-refractivity contribution in [1.29, 1.82) is 0 Å². The van der Waals surface area contributed by atoms with E-state index in [0.29, 0.717) is 16.7 Å². The lowest BCUT2D eigenvalue weighted by Crippen LogP contribution is -2.22. The van der Waals surface area contributed by atoms with Crippen LogP contribution >= 0.6 is 0 Å². The summed E-state index contributed by atoms with van der Waals surface area (Å²) in [5, 5.41) is 4.36. The molecule has 4 nitrogen and oxygen atoms in total. The van der Waals surface area contributed by atoms with Crippen molar-refractivity contribution < 1.29 is 4.79 Å². The lowest BCUT2D eigenvalue weighted by Gasteiger charge is -2.18. The molecular formula is C25H24N2O2. The van der Waals surface area contributed by atoms with E-state index in [1.807, 2.05) is 72.2 Å². The molecule has 0 saturated carbocycles. The van der Waals surface area contributed by atoms with Gasteiger partial charge in [-0.25, -0.2) is 0 Å². The second kappa shape index (κ2) is 7.55. The summed E-state index contributed by atoms with van der Waals surface area (Å²) in [5.41, 5.74) is 4.56. The fraction of sp³-hybridized carbons (Fsp3) is 0.200. The van der Waals surface area contributed by atoms with Crippen LogP contribution in [0, 0.1) is 6.92 Å². The van der Waals surface area contributed by atoms with Crippen molar-refractivity contribution >= 4 is 33.4 Å². The van der Waals surface area contributed by atoms with Crippen LogP contribution < -0.4 is 10.7 Å². The number of carbonyl (C=O) groups excluding carboxylic acids is 1. The topological polar surface area (TPSA) is 51.1 Å². The smallest absolute Gasteiger partial charge is 0.244 e. The largest absolute Gasteiger partial charge is 0.331 e. The first-order valence-electron chi connectivity index (χ1n) is 9.87. The standard InChI is InChI=1S/C25H24N2O2/c1-16(2)18-12-8-9-17(3)24(18)26-23(28)15-27-21-13-6-4-10-19(21)25(29)20-11-5-7-14-22(20)27/h4-14,16H,15H2,1-3H3,(H,26,28). The Morgan fingerprint density at radius 1 is 0.897 bits per heavy atom. The van der Waals surface area contributed by atoms with Gasteiger partial charge in [-0.2, -0.15) is 0 Å².